The number of fused-ring (bicyclic) bond motifs is 3. The summed E-state index contributed by atoms with van der Waals surface area (Å²) in [6, 6.07) is 13.0. The normalized spacial score (nSPS) is 12.4. The van der Waals surface area contributed by atoms with Crippen LogP contribution in [0.25, 0.3) is 21.8 Å². The van der Waals surface area contributed by atoms with Crippen LogP contribution >= 0.6 is 15.9 Å². The minimum absolute atomic E-state index is 0.184. The van der Waals surface area contributed by atoms with Crippen LogP contribution in [0, 0.1) is 0 Å². The number of hydrogen-bond donors (Lipinski definition) is 1. The lowest BCUT2D eigenvalue weighted by Crippen LogP contribution is -2.10. The minimum Gasteiger partial charge on any atom is -0.354 e. The molecular weight excluding hydrogens is 286 g/mol. The Morgan fingerprint density at radius 1 is 1.00 bits per heavy atom. The summed E-state index contributed by atoms with van der Waals surface area (Å²) in [6.07, 6.45) is 0. The van der Waals surface area contributed by atoms with Gasteiger partial charge in [-0.3, -0.25) is 0 Å². The number of H-pyrrole nitrogens is 1. The van der Waals surface area contributed by atoms with Crippen molar-refractivity contribution in [2.75, 3.05) is 0 Å². The van der Waals surface area contributed by atoms with E-state index in [1.165, 1.54) is 27.4 Å². The van der Waals surface area contributed by atoms with Crippen molar-refractivity contribution in [1.29, 1.82) is 0 Å². The summed E-state index contributed by atoms with van der Waals surface area (Å²) in [5.41, 5.74) is 3.93. The molecule has 1 heterocycles. The second-order valence-electron chi connectivity index (χ2n) is 5.80. The van der Waals surface area contributed by atoms with E-state index in [1.54, 1.807) is 0 Å². The smallest absolute Gasteiger partial charge is 0.0609 e. The Hall–Kier alpha value is -1.28. The van der Waals surface area contributed by atoms with E-state index in [-0.39, 0.29) is 5.41 Å². The third-order valence-corrected chi connectivity index (χ3v) is 4.11. The molecule has 0 aliphatic heterocycles. The number of rotatable bonds is 0. The first-order chi connectivity index (χ1) is 8.47. The largest absolute Gasteiger partial charge is 0.354 e. The van der Waals surface area contributed by atoms with Crippen molar-refractivity contribution in [1.82, 2.24) is 4.98 Å². The van der Waals surface area contributed by atoms with Crippen LogP contribution in [-0.4, -0.2) is 4.98 Å². The Bertz CT molecular complexity index is 732. The van der Waals surface area contributed by atoms with E-state index in [1.807, 2.05) is 0 Å². The Morgan fingerprint density at radius 3 is 2.50 bits per heavy atom. The third-order valence-electron chi connectivity index (χ3n) is 3.45. The van der Waals surface area contributed by atoms with Gasteiger partial charge >= 0.3 is 0 Å². The molecule has 0 fully saturated rings. The SMILES string of the molecule is CC(C)(C)c1ccc2[nH]c3c(Br)cccc3c2c1. The molecule has 3 aromatic rings. The van der Waals surface area contributed by atoms with Gasteiger partial charge in [0.2, 0.25) is 0 Å². The van der Waals surface area contributed by atoms with E-state index in [0.717, 1.165) is 4.47 Å². The van der Waals surface area contributed by atoms with Crippen LogP contribution in [0.1, 0.15) is 26.3 Å². The van der Waals surface area contributed by atoms with Crippen LogP contribution in [0.15, 0.2) is 40.9 Å². The van der Waals surface area contributed by atoms with E-state index < -0.39 is 0 Å². The predicted molar refractivity (Wildman–Crippen MR) is 82.2 cm³/mol. The Morgan fingerprint density at radius 2 is 1.78 bits per heavy atom. The van der Waals surface area contributed by atoms with Gasteiger partial charge in [-0.2, -0.15) is 0 Å². The van der Waals surface area contributed by atoms with E-state index >= 15 is 0 Å². The molecule has 2 aromatic carbocycles. The monoisotopic (exact) mass is 301 g/mol. The van der Waals surface area contributed by atoms with Crippen molar-refractivity contribution in [3.05, 3.63) is 46.4 Å². The lowest BCUT2D eigenvalue weighted by molar-refractivity contribution is 0.591. The highest BCUT2D eigenvalue weighted by molar-refractivity contribution is 9.10. The molecule has 18 heavy (non-hydrogen) atoms. The molecule has 1 aromatic heterocycles. The molecule has 0 saturated carbocycles. The van der Waals surface area contributed by atoms with Gasteiger partial charge in [0, 0.05) is 20.8 Å². The van der Waals surface area contributed by atoms with Gasteiger partial charge < -0.3 is 4.98 Å². The standard InChI is InChI=1S/C16H16BrN/c1-16(2,3)10-7-8-14-12(9-10)11-5-4-6-13(17)15(11)18-14/h4-9,18H,1-3H3. The topological polar surface area (TPSA) is 15.8 Å². The lowest BCUT2D eigenvalue weighted by atomic mass is 9.86. The molecule has 0 unspecified atom stereocenters. The van der Waals surface area contributed by atoms with Crippen molar-refractivity contribution in [2.24, 2.45) is 0 Å². The molecule has 1 N–H and O–H groups in total. The van der Waals surface area contributed by atoms with Gasteiger partial charge in [-0.15, -0.1) is 0 Å². The first kappa shape index (κ1) is 11.8. The highest BCUT2D eigenvalue weighted by Gasteiger charge is 2.15. The molecule has 0 radical (unpaired) electrons. The summed E-state index contributed by atoms with van der Waals surface area (Å²) in [5.74, 6) is 0. The molecule has 0 amide bonds. The van der Waals surface area contributed by atoms with Crippen molar-refractivity contribution < 1.29 is 0 Å². The molecule has 2 heteroatoms. The average Bonchev–Trinajstić information content (AvgIpc) is 2.67. The van der Waals surface area contributed by atoms with Gasteiger partial charge in [0.05, 0.1) is 5.52 Å². The van der Waals surface area contributed by atoms with Crippen LogP contribution < -0.4 is 0 Å². The summed E-state index contributed by atoms with van der Waals surface area (Å²) in [7, 11) is 0. The lowest BCUT2D eigenvalue weighted by Gasteiger charge is -2.18. The van der Waals surface area contributed by atoms with Gasteiger partial charge in [-0.25, -0.2) is 0 Å². The first-order valence-corrected chi connectivity index (χ1v) is 6.96. The predicted octanol–water partition coefficient (Wildman–Crippen LogP) is 5.38. The van der Waals surface area contributed by atoms with E-state index in [2.05, 4.69) is 78.1 Å². The first-order valence-electron chi connectivity index (χ1n) is 6.17. The van der Waals surface area contributed by atoms with E-state index in [4.69, 9.17) is 0 Å². The number of aromatic amines is 1. The maximum absolute atomic E-state index is 3.60. The van der Waals surface area contributed by atoms with Gasteiger partial charge in [-0.1, -0.05) is 39.0 Å². The summed E-state index contributed by atoms with van der Waals surface area (Å²) < 4.78 is 1.12. The van der Waals surface area contributed by atoms with Crippen LogP contribution in [0.4, 0.5) is 0 Å². The van der Waals surface area contributed by atoms with Crippen LogP contribution in [0.5, 0.6) is 0 Å². The Kier molecular flexibility index (Phi) is 2.53. The van der Waals surface area contributed by atoms with Crippen LogP contribution in [-0.2, 0) is 5.41 Å². The zero-order chi connectivity index (χ0) is 12.9. The minimum atomic E-state index is 0.184. The molecule has 0 aliphatic rings. The molecule has 92 valence electrons. The fraction of sp³-hybridized carbons (Fsp3) is 0.250. The molecule has 0 spiro atoms. The van der Waals surface area contributed by atoms with Crippen molar-refractivity contribution >= 4 is 37.7 Å². The van der Waals surface area contributed by atoms with Crippen molar-refractivity contribution in [2.45, 2.75) is 26.2 Å². The maximum Gasteiger partial charge on any atom is 0.0609 e. The maximum atomic E-state index is 3.60. The molecule has 0 atom stereocenters. The van der Waals surface area contributed by atoms with E-state index in [0.29, 0.717) is 0 Å². The molecule has 0 saturated heterocycles. The van der Waals surface area contributed by atoms with Gasteiger partial charge in [0.15, 0.2) is 0 Å². The third kappa shape index (κ3) is 1.76. The highest BCUT2D eigenvalue weighted by Crippen LogP contribution is 2.33. The molecule has 3 rings (SSSR count). The summed E-state index contributed by atoms with van der Waals surface area (Å²) in [5, 5.41) is 2.59. The Balaban J connectivity index is 2.40. The highest BCUT2D eigenvalue weighted by atomic mass is 79.9. The van der Waals surface area contributed by atoms with Crippen molar-refractivity contribution in [3.8, 4) is 0 Å². The fourth-order valence-electron chi connectivity index (χ4n) is 2.35. The number of benzene rings is 2. The average molecular weight is 302 g/mol. The molecule has 0 bridgehead atoms. The van der Waals surface area contributed by atoms with Crippen LogP contribution in [0.2, 0.25) is 0 Å². The Labute approximate surface area is 115 Å². The number of aromatic nitrogens is 1. The molecular formula is C16H16BrN. The summed E-state index contributed by atoms with van der Waals surface area (Å²) >= 11 is 3.60. The number of para-hydroxylation sites is 1. The van der Waals surface area contributed by atoms with Gasteiger partial charge in [-0.05, 0) is 45.1 Å². The van der Waals surface area contributed by atoms with Gasteiger partial charge in [0.1, 0.15) is 0 Å². The zero-order valence-electron chi connectivity index (χ0n) is 10.8. The van der Waals surface area contributed by atoms with Crippen LogP contribution in [0.3, 0.4) is 0 Å². The fourth-order valence-corrected chi connectivity index (χ4v) is 2.82. The van der Waals surface area contributed by atoms with Crippen molar-refractivity contribution in [3.63, 3.8) is 0 Å². The molecule has 0 aliphatic carbocycles. The number of hydrogen-bond acceptors (Lipinski definition) is 0. The number of halogens is 1. The second kappa shape index (κ2) is 3.86. The summed E-state index contributed by atoms with van der Waals surface area (Å²) in [4.78, 5) is 3.48. The van der Waals surface area contributed by atoms with Gasteiger partial charge in [0.25, 0.3) is 0 Å². The molecule has 1 nitrogen and oxygen atoms in total. The zero-order valence-corrected chi connectivity index (χ0v) is 12.4. The number of nitrogens with one attached hydrogen (secondary N) is 1. The second-order valence-corrected chi connectivity index (χ2v) is 6.65. The quantitative estimate of drug-likeness (QED) is 0.574. The summed E-state index contributed by atoms with van der Waals surface area (Å²) in [6.45, 7) is 6.75. The van der Waals surface area contributed by atoms with E-state index in [9.17, 15) is 0 Å².